The number of ether oxygens (including phenoxy) is 5. The molecule has 0 aliphatic heterocycles. The highest BCUT2D eigenvalue weighted by Crippen LogP contribution is 2.32. The van der Waals surface area contributed by atoms with E-state index in [9.17, 15) is 24.3 Å². The lowest BCUT2D eigenvalue weighted by molar-refractivity contribution is -0.154. The Bertz CT molecular complexity index is 999. The largest absolute Gasteiger partial charge is 0.513 e. The smallest absolute Gasteiger partial charge is 0.480 e. The van der Waals surface area contributed by atoms with E-state index in [1.54, 1.807) is 6.92 Å². The van der Waals surface area contributed by atoms with Gasteiger partial charge in [0.25, 0.3) is 0 Å². The number of aliphatic carboxylic acids is 1. The second kappa shape index (κ2) is 14.7. The predicted octanol–water partition coefficient (Wildman–Crippen LogP) is 5.11. The standard InChI is InChI=1S/C28H43NO10/c1-17(2)15-35-25(33)38-21-10-9-20(11-22(21)39-26(34)36-16-18(3)4)13-28(29,24(31)32)12-19(5)37-23(30)14-27(6,7)8/h9-11,17-19H,12-16,29H2,1-8H3,(H,31,32)/t19-,28?/m0/s1. The number of carbonyl (C=O) groups excluding carboxylic acids is 3. The number of hydrogen-bond donors (Lipinski definition) is 2. The summed E-state index contributed by atoms with van der Waals surface area (Å²) >= 11 is 0. The van der Waals surface area contributed by atoms with Crippen LogP contribution in [-0.2, 0) is 30.2 Å². The molecule has 1 aromatic rings. The van der Waals surface area contributed by atoms with E-state index in [0.29, 0.717) is 5.56 Å². The number of carbonyl (C=O) groups is 4. The topological polar surface area (TPSA) is 161 Å². The molecule has 0 radical (unpaired) electrons. The molecular formula is C28H43NO10. The van der Waals surface area contributed by atoms with Gasteiger partial charge in [-0.1, -0.05) is 54.5 Å². The number of carboxylic acid groups (broad SMARTS) is 1. The van der Waals surface area contributed by atoms with Gasteiger partial charge in [-0.25, -0.2) is 9.59 Å². The van der Waals surface area contributed by atoms with Crippen LogP contribution in [0.3, 0.4) is 0 Å². The molecule has 0 aliphatic carbocycles. The van der Waals surface area contributed by atoms with E-state index < -0.39 is 35.9 Å². The summed E-state index contributed by atoms with van der Waals surface area (Å²) < 4.78 is 25.9. The first kappa shape index (κ1) is 33.7. The third-order valence-corrected chi connectivity index (χ3v) is 5.07. The van der Waals surface area contributed by atoms with Gasteiger partial charge in [-0.15, -0.1) is 0 Å². The second-order valence-electron chi connectivity index (χ2n) is 11.8. The van der Waals surface area contributed by atoms with Gasteiger partial charge in [-0.3, -0.25) is 9.59 Å². The molecule has 39 heavy (non-hydrogen) atoms. The molecule has 0 saturated carbocycles. The van der Waals surface area contributed by atoms with E-state index in [-0.39, 0.29) is 61.2 Å². The van der Waals surface area contributed by atoms with Crippen LogP contribution in [0, 0.1) is 17.3 Å². The van der Waals surface area contributed by atoms with Crippen molar-refractivity contribution in [1.82, 2.24) is 0 Å². The molecule has 0 aliphatic rings. The maximum atomic E-state index is 12.2. The molecule has 1 unspecified atom stereocenters. The van der Waals surface area contributed by atoms with Gasteiger partial charge in [0, 0.05) is 12.8 Å². The van der Waals surface area contributed by atoms with Gasteiger partial charge >= 0.3 is 24.2 Å². The molecule has 0 spiro atoms. The van der Waals surface area contributed by atoms with Crippen LogP contribution in [-0.4, -0.2) is 54.2 Å². The number of carboxylic acids is 1. The fourth-order valence-electron chi connectivity index (χ4n) is 3.39. The van der Waals surface area contributed by atoms with Crippen LogP contribution in [0.5, 0.6) is 11.5 Å². The molecule has 1 aromatic carbocycles. The van der Waals surface area contributed by atoms with Crippen LogP contribution in [0.25, 0.3) is 0 Å². The quantitative estimate of drug-likeness (QED) is 0.190. The summed E-state index contributed by atoms with van der Waals surface area (Å²) in [5.74, 6) is -1.94. The molecule has 11 heteroatoms. The zero-order valence-corrected chi connectivity index (χ0v) is 24.2. The highest BCUT2D eigenvalue weighted by molar-refractivity contribution is 5.79. The molecule has 0 saturated heterocycles. The summed E-state index contributed by atoms with van der Waals surface area (Å²) in [6.07, 6.45) is -3.03. The van der Waals surface area contributed by atoms with Crippen LogP contribution in [0.15, 0.2) is 18.2 Å². The first-order chi connectivity index (χ1) is 17.9. The first-order valence-corrected chi connectivity index (χ1v) is 12.9. The van der Waals surface area contributed by atoms with Gasteiger partial charge in [0.15, 0.2) is 11.5 Å². The van der Waals surface area contributed by atoms with Crippen molar-refractivity contribution in [2.24, 2.45) is 23.0 Å². The maximum Gasteiger partial charge on any atom is 0.513 e. The Hall–Kier alpha value is -3.34. The summed E-state index contributed by atoms with van der Waals surface area (Å²) in [5, 5.41) is 9.92. The van der Waals surface area contributed by atoms with E-state index in [1.807, 2.05) is 48.5 Å². The minimum absolute atomic E-state index is 0.0542. The summed E-state index contributed by atoms with van der Waals surface area (Å²) in [6, 6.07) is 4.16. The summed E-state index contributed by atoms with van der Waals surface area (Å²) in [4.78, 5) is 48.7. The molecular weight excluding hydrogens is 510 g/mol. The minimum atomic E-state index is -1.82. The minimum Gasteiger partial charge on any atom is -0.480 e. The van der Waals surface area contributed by atoms with E-state index in [2.05, 4.69) is 0 Å². The van der Waals surface area contributed by atoms with Gasteiger partial charge in [0.1, 0.15) is 11.6 Å². The van der Waals surface area contributed by atoms with Gasteiger partial charge in [-0.2, -0.15) is 0 Å². The Morgan fingerprint density at radius 3 is 1.85 bits per heavy atom. The lowest BCUT2D eigenvalue weighted by Gasteiger charge is -2.28. The van der Waals surface area contributed by atoms with Gasteiger partial charge in [-0.05, 0) is 41.9 Å². The van der Waals surface area contributed by atoms with Crippen molar-refractivity contribution in [2.45, 2.75) is 86.3 Å². The zero-order valence-electron chi connectivity index (χ0n) is 24.2. The third-order valence-electron chi connectivity index (χ3n) is 5.07. The Labute approximate surface area is 230 Å². The number of benzene rings is 1. The Kier molecular flexibility index (Phi) is 12.7. The van der Waals surface area contributed by atoms with Crippen LogP contribution in [0.1, 0.15) is 73.8 Å². The number of hydrogen-bond acceptors (Lipinski definition) is 10. The molecule has 11 nitrogen and oxygen atoms in total. The first-order valence-electron chi connectivity index (χ1n) is 12.9. The molecule has 2 atom stereocenters. The van der Waals surface area contributed by atoms with E-state index in [1.165, 1.54) is 18.2 Å². The highest BCUT2D eigenvalue weighted by atomic mass is 16.7. The van der Waals surface area contributed by atoms with Gasteiger partial charge < -0.3 is 34.5 Å². The Balaban J connectivity index is 3.16. The summed E-state index contributed by atoms with van der Waals surface area (Å²) in [6.45, 7) is 14.9. The zero-order chi connectivity index (χ0) is 30.0. The van der Waals surface area contributed by atoms with Crippen molar-refractivity contribution >= 4 is 24.2 Å². The molecule has 3 N–H and O–H groups in total. The fraction of sp³-hybridized carbons (Fsp3) is 0.643. The van der Waals surface area contributed by atoms with Crippen molar-refractivity contribution in [2.75, 3.05) is 13.2 Å². The van der Waals surface area contributed by atoms with Gasteiger partial charge in [0.2, 0.25) is 0 Å². The van der Waals surface area contributed by atoms with Crippen LogP contribution >= 0.6 is 0 Å². The van der Waals surface area contributed by atoms with E-state index in [4.69, 9.17) is 29.4 Å². The van der Waals surface area contributed by atoms with Crippen molar-refractivity contribution in [3.8, 4) is 11.5 Å². The van der Waals surface area contributed by atoms with E-state index >= 15 is 0 Å². The number of rotatable bonds is 13. The lowest BCUT2D eigenvalue weighted by Crippen LogP contribution is -2.52. The fourth-order valence-corrected chi connectivity index (χ4v) is 3.39. The molecule has 1 rings (SSSR count). The number of nitrogens with two attached hydrogens (primary N) is 1. The van der Waals surface area contributed by atoms with Crippen molar-refractivity contribution < 1.29 is 48.0 Å². The van der Waals surface area contributed by atoms with Crippen molar-refractivity contribution in [3.05, 3.63) is 23.8 Å². The molecule has 220 valence electrons. The number of esters is 1. The normalized spacial score (nSPS) is 13.8. The molecule has 0 bridgehead atoms. The van der Waals surface area contributed by atoms with E-state index in [0.717, 1.165) is 0 Å². The van der Waals surface area contributed by atoms with Crippen LogP contribution in [0.2, 0.25) is 0 Å². The van der Waals surface area contributed by atoms with Crippen LogP contribution < -0.4 is 15.2 Å². The average molecular weight is 554 g/mol. The second-order valence-corrected chi connectivity index (χ2v) is 11.8. The predicted molar refractivity (Wildman–Crippen MR) is 143 cm³/mol. The monoisotopic (exact) mass is 553 g/mol. The molecule has 0 heterocycles. The van der Waals surface area contributed by atoms with Crippen LogP contribution in [0.4, 0.5) is 9.59 Å². The molecule has 0 aromatic heterocycles. The maximum absolute atomic E-state index is 12.2. The Morgan fingerprint density at radius 2 is 1.38 bits per heavy atom. The average Bonchev–Trinajstić information content (AvgIpc) is 2.76. The lowest BCUT2D eigenvalue weighted by atomic mass is 9.86. The van der Waals surface area contributed by atoms with Gasteiger partial charge in [0.05, 0.1) is 19.6 Å². The SMILES string of the molecule is CC(C)COC(=O)Oc1ccc(CC(N)(C[C@H](C)OC(=O)CC(C)(C)C)C(=O)O)cc1OC(=O)OCC(C)C. The third kappa shape index (κ3) is 13.3. The summed E-state index contributed by atoms with van der Waals surface area (Å²) in [5.41, 5.74) is 4.52. The highest BCUT2D eigenvalue weighted by Gasteiger charge is 2.37. The summed E-state index contributed by atoms with van der Waals surface area (Å²) in [7, 11) is 0. The van der Waals surface area contributed by atoms with Crippen molar-refractivity contribution in [3.63, 3.8) is 0 Å². The van der Waals surface area contributed by atoms with Crippen molar-refractivity contribution in [1.29, 1.82) is 0 Å². The Morgan fingerprint density at radius 1 is 0.872 bits per heavy atom. The molecule has 0 amide bonds. The molecule has 0 fully saturated rings.